The first-order valence-electron chi connectivity index (χ1n) is 14.0. The molecule has 8 nitrogen and oxygen atoms in total. The van der Waals surface area contributed by atoms with Crippen molar-refractivity contribution in [2.75, 3.05) is 6.54 Å². The molecule has 3 heterocycles. The van der Waals surface area contributed by atoms with Crippen LogP contribution in [-0.4, -0.2) is 61.8 Å². The van der Waals surface area contributed by atoms with Crippen molar-refractivity contribution in [3.05, 3.63) is 76.4 Å². The maximum absolute atomic E-state index is 14.4. The van der Waals surface area contributed by atoms with Gasteiger partial charge in [0.15, 0.2) is 0 Å². The van der Waals surface area contributed by atoms with Gasteiger partial charge in [0.05, 0.1) is 22.2 Å². The third-order valence-corrected chi connectivity index (χ3v) is 9.67. The molecule has 2 N–H and O–H groups in total. The number of aromatic nitrogens is 1. The third-order valence-electron chi connectivity index (χ3n) is 8.69. The average molecular weight is 559 g/mol. The molecule has 0 spiro atoms. The second-order valence-corrected chi connectivity index (χ2v) is 12.0. The van der Waals surface area contributed by atoms with Crippen molar-refractivity contribution >= 4 is 29.1 Å². The molecule has 40 heavy (non-hydrogen) atoms. The number of hydrogen-bond acceptors (Lipinski definition) is 6. The second kappa shape index (κ2) is 10.8. The lowest BCUT2D eigenvalue weighted by atomic mass is 9.78. The van der Waals surface area contributed by atoms with Gasteiger partial charge in [0.25, 0.3) is 5.91 Å². The second-order valence-electron chi connectivity index (χ2n) is 11.2. The molecule has 3 amide bonds. The van der Waals surface area contributed by atoms with Crippen molar-refractivity contribution < 1.29 is 19.5 Å². The zero-order chi connectivity index (χ0) is 27.9. The molecule has 3 aromatic rings. The predicted molar refractivity (Wildman–Crippen MR) is 152 cm³/mol. The molecule has 2 atom stereocenters. The van der Waals surface area contributed by atoms with Crippen molar-refractivity contribution in [2.24, 2.45) is 0 Å². The summed E-state index contributed by atoms with van der Waals surface area (Å²) in [6.07, 6.45) is 3.24. The lowest BCUT2D eigenvalue weighted by Crippen LogP contribution is -2.62. The monoisotopic (exact) mass is 558 g/mol. The minimum absolute atomic E-state index is 0.0938. The van der Waals surface area contributed by atoms with E-state index in [4.69, 9.17) is 0 Å². The Labute approximate surface area is 238 Å². The number of nitrogens with one attached hydrogen (secondary N) is 1. The molecular formula is C31H34N4O4S. The standard InChI is InChI=1S/C31H34N4O4S/c1-20-27(40-19-33-20)22-11-9-21(10-12-22)16-32-28(37)26-15-24(36)18-34(26)30(39)31(13-5-2-6-14-31)35-17-23-7-3-4-8-25(23)29(35)38/h3-4,7-12,19,24,26,36H,2,5-6,13-18H2,1H3,(H,32,37)/t24-,26+/m1/s1. The van der Waals surface area contributed by atoms with E-state index in [1.165, 1.54) is 4.90 Å². The minimum atomic E-state index is -0.998. The maximum Gasteiger partial charge on any atom is 0.255 e. The van der Waals surface area contributed by atoms with E-state index in [1.54, 1.807) is 16.2 Å². The van der Waals surface area contributed by atoms with Crippen molar-refractivity contribution in [1.82, 2.24) is 20.1 Å². The average Bonchev–Trinajstić information content (AvgIpc) is 3.69. The SMILES string of the molecule is Cc1ncsc1-c1ccc(CNC(=O)[C@@H]2C[C@@H](O)CN2C(=O)C2(N3Cc4ccccc4C3=O)CCCCC2)cc1. The van der Waals surface area contributed by atoms with Gasteiger partial charge >= 0.3 is 0 Å². The lowest BCUT2D eigenvalue weighted by molar-refractivity contribution is -0.150. The van der Waals surface area contributed by atoms with Crippen LogP contribution in [0.3, 0.4) is 0 Å². The first-order chi connectivity index (χ1) is 19.4. The number of carbonyl (C=O) groups is 3. The van der Waals surface area contributed by atoms with E-state index in [9.17, 15) is 19.5 Å². The van der Waals surface area contributed by atoms with Crippen LogP contribution in [0, 0.1) is 6.92 Å². The number of likely N-dealkylation sites (tertiary alicyclic amines) is 1. The highest BCUT2D eigenvalue weighted by Crippen LogP contribution is 2.41. The van der Waals surface area contributed by atoms with Gasteiger partial charge in [0.2, 0.25) is 11.8 Å². The number of nitrogens with zero attached hydrogens (tertiary/aromatic N) is 3. The van der Waals surface area contributed by atoms with Crippen LogP contribution in [-0.2, 0) is 22.7 Å². The Hall–Kier alpha value is -3.56. The highest BCUT2D eigenvalue weighted by atomic mass is 32.1. The zero-order valence-electron chi connectivity index (χ0n) is 22.6. The molecule has 1 aliphatic carbocycles. The highest BCUT2D eigenvalue weighted by Gasteiger charge is 2.54. The Morgan fingerprint density at radius 3 is 2.55 bits per heavy atom. The first kappa shape index (κ1) is 26.7. The number of aliphatic hydroxyl groups excluding tert-OH is 1. The van der Waals surface area contributed by atoms with Crippen LogP contribution in [0.25, 0.3) is 10.4 Å². The molecular weight excluding hydrogens is 524 g/mol. The van der Waals surface area contributed by atoms with E-state index < -0.39 is 17.7 Å². The lowest BCUT2D eigenvalue weighted by Gasteiger charge is -2.45. The first-order valence-corrected chi connectivity index (χ1v) is 14.9. The molecule has 208 valence electrons. The fourth-order valence-electron chi connectivity index (χ4n) is 6.55. The Balaban J connectivity index is 1.18. The summed E-state index contributed by atoms with van der Waals surface area (Å²) in [5, 5.41) is 13.6. The van der Waals surface area contributed by atoms with Crippen molar-refractivity contribution in [2.45, 2.75) is 76.2 Å². The Bertz CT molecular complexity index is 1430. The predicted octanol–water partition coefficient (Wildman–Crippen LogP) is 4.06. The van der Waals surface area contributed by atoms with Crippen LogP contribution in [0.15, 0.2) is 54.0 Å². The molecule has 2 aliphatic heterocycles. The van der Waals surface area contributed by atoms with Crippen molar-refractivity contribution in [3.8, 4) is 10.4 Å². The summed E-state index contributed by atoms with van der Waals surface area (Å²) in [4.78, 5) is 50.0. The molecule has 1 saturated heterocycles. The van der Waals surface area contributed by atoms with Gasteiger partial charge in [-0.2, -0.15) is 0 Å². The largest absolute Gasteiger partial charge is 0.391 e. The molecule has 1 saturated carbocycles. The molecule has 9 heteroatoms. The quantitative estimate of drug-likeness (QED) is 0.475. The fourth-order valence-corrected chi connectivity index (χ4v) is 7.36. The summed E-state index contributed by atoms with van der Waals surface area (Å²) in [5.74, 6) is -0.618. The number of carbonyl (C=O) groups excluding carboxylic acids is 3. The van der Waals surface area contributed by atoms with Crippen molar-refractivity contribution in [3.63, 3.8) is 0 Å². The fraction of sp³-hybridized carbons (Fsp3) is 0.419. The number of β-amino-alcohol motifs (C(OH)–C–C–N with tert-alkyl or cyclic N) is 1. The van der Waals surface area contributed by atoms with Gasteiger partial charge in [-0.1, -0.05) is 61.7 Å². The number of hydrogen-bond donors (Lipinski definition) is 2. The van der Waals surface area contributed by atoms with Crippen LogP contribution in [0.4, 0.5) is 0 Å². The number of aryl methyl sites for hydroxylation is 1. The normalized spacial score (nSPS) is 21.9. The molecule has 0 radical (unpaired) electrons. The molecule has 2 aromatic carbocycles. The van der Waals surface area contributed by atoms with E-state index >= 15 is 0 Å². The van der Waals surface area contributed by atoms with Crippen LogP contribution >= 0.6 is 11.3 Å². The number of fused-ring (bicyclic) bond motifs is 1. The molecule has 0 bridgehead atoms. The topological polar surface area (TPSA) is 103 Å². The Morgan fingerprint density at radius 2 is 1.85 bits per heavy atom. The van der Waals surface area contributed by atoms with Gasteiger partial charge in [0, 0.05) is 31.6 Å². The molecule has 3 aliphatic rings. The van der Waals surface area contributed by atoms with Crippen LogP contribution in [0.1, 0.15) is 65.7 Å². The van der Waals surface area contributed by atoms with Gasteiger partial charge in [-0.15, -0.1) is 11.3 Å². The van der Waals surface area contributed by atoms with Gasteiger partial charge in [0.1, 0.15) is 11.6 Å². The molecule has 6 rings (SSSR count). The van der Waals surface area contributed by atoms with E-state index in [0.29, 0.717) is 31.5 Å². The molecule has 1 aromatic heterocycles. The summed E-state index contributed by atoms with van der Waals surface area (Å²) < 4.78 is 0. The Kier molecular flexibility index (Phi) is 7.18. The van der Waals surface area contributed by atoms with Crippen molar-refractivity contribution in [1.29, 1.82) is 0 Å². The molecule has 2 fully saturated rings. The zero-order valence-corrected chi connectivity index (χ0v) is 23.5. The van der Waals surface area contributed by atoms with Gasteiger partial charge < -0.3 is 20.2 Å². The summed E-state index contributed by atoms with van der Waals surface area (Å²) >= 11 is 1.60. The smallest absolute Gasteiger partial charge is 0.255 e. The maximum atomic E-state index is 14.4. The third kappa shape index (κ3) is 4.71. The van der Waals surface area contributed by atoms with Gasteiger partial charge in [-0.3, -0.25) is 14.4 Å². The van der Waals surface area contributed by atoms with Crippen LogP contribution in [0.5, 0.6) is 0 Å². The summed E-state index contributed by atoms with van der Waals surface area (Å²) in [6, 6.07) is 14.7. The number of aliphatic hydroxyl groups is 1. The van der Waals surface area contributed by atoms with E-state index in [1.807, 2.05) is 61.0 Å². The number of amides is 3. The van der Waals surface area contributed by atoms with E-state index in [-0.39, 0.29) is 30.7 Å². The summed E-state index contributed by atoms with van der Waals surface area (Å²) in [6.45, 7) is 2.79. The Morgan fingerprint density at radius 1 is 1.10 bits per heavy atom. The minimum Gasteiger partial charge on any atom is -0.391 e. The molecule has 0 unspecified atom stereocenters. The summed E-state index contributed by atoms with van der Waals surface area (Å²) in [5.41, 5.74) is 5.43. The van der Waals surface area contributed by atoms with E-state index in [0.717, 1.165) is 46.5 Å². The van der Waals surface area contributed by atoms with Gasteiger partial charge in [-0.05, 0) is 42.5 Å². The highest BCUT2D eigenvalue weighted by molar-refractivity contribution is 7.13. The van der Waals surface area contributed by atoms with Crippen LogP contribution in [0.2, 0.25) is 0 Å². The number of rotatable bonds is 6. The number of benzene rings is 2. The van der Waals surface area contributed by atoms with Gasteiger partial charge in [-0.25, -0.2) is 4.98 Å². The summed E-state index contributed by atoms with van der Waals surface area (Å²) in [7, 11) is 0. The van der Waals surface area contributed by atoms with E-state index in [2.05, 4.69) is 10.3 Å². The van der Waals surface area contributed by atoms with Crippen LogP contribution < -0.4 is 5.32 Å². The number of thiazole rings is 1.